The van der Waals surface area contributed by atoms with E-state index in [0.717, 1.165) is 35.0 Å². The molecule has 172 valence electrons. The zero-order valence-corrected chi connectivity index (χ0v) is 19.0. The van der Waals surface area contributed by atoms with Crippen molar-refractivity contribution >= 4 is 29.0 Å². The average molecular weight is 448 g/mol. The maximum Gasteiger partial charge on any atom is 0.412 e. The first-order valence-electron chi connectivity index (χ1n) is 11.1. The first-order valence-corrected chi connectivity index (χ1v) is 11.1. The highest BCUT2D eigenvalue weighted by atomic mass is 16.6. The number of carbonyl (C=O) groups is 2. The second-order valence-corrected chi connectivity index (χ2v) is 8.34. The minimum atomic E-state index is -0.719. The predicted molar refractivity (Wildman–Crippen MR) is 127 cm³/mol. The summed E-state index contributed by atoms with van der Waals surface area (Å²) in [6.07, 6.45) is 6.34. The Morgan fingerprint density at radius 3 is 2.76 bits per heavy atom. The van der Waals surface area contributed by atoms with Crippen LogP contribution in [0.3, 0.4) is 0 Å². The summed E-state index contributed by atoms with van der Waals surface area (Å²) in [5, 5.41) is 3.63. The normalized spacial score (nSPS) is 16.7. The number of likely N-dealkylation sites (tertiary alicyclic amines) is 1. The molecule has 1 saturated heterocycles. The molecular weight excluding hydrogens is 418 g/mol. The molecule has 7 heteroatoms. The molecule has 0 bridgehead atoms. The summed E-state index contributed by atoms with van der Waals surface area (Å²) >= 11 is 0. The number of ether oxygens (including phenoxy) is 2. The molecule has 1 aliphatic heterocycles. The van der Waals surface area contributed by atoms with Crippen LogP contribution in [0.2, 0.25) is 0 Å². The van der Waals surface area contributed by atoms with Crippen molar-refractivity contribution < 1.29 is 19.1 Å². The molecule has 2 N–H and O–H groups in total. The van der Waals surface area contributed by atoms with Gasteiger partial charge in [0.25, 0.3) is 0 Å². The number of likely N-dealkylation sites (N-methyl/N-ethyl adjacent to an activating group) is 1. The van der Waals surface area contributed by atoms with Crippen LogP contribution in [0.1, 0.15) is 29.5 Å². The van der Waals surface area contributed by atoms with Crippen LogP contribution in [0.4, 0.5) is 4.79 Å². The van der Waals surface area contributed by atoms with Gasteiger partial charge >= 0.3 is 12.1 Å². The Bertz CT molecular complexity index is 1150. The van der Waals surface area contributed by atoms with E-state index in [4.69, 9.17) is 9.47 Å². The summed E-state index contributed by atoms with van der Waals surface area (Å²) in [6, 6.07) is 15.8. The molecule has 3 aromatic rings. The number of H-pyrrole nitrogens is 1. The predicted octanol–water partition coefficient (Wildman–Crippen LogP) is 4.24. The number of aromatic amines is 1. The molecule has 0 saturated carbocycles. The summed E-state index contributed by atoms with van der Waals surface area (Å²) in [7, 11) is 3.45. The van der Waals surface area contributed by atoms with Gasteiger partial charge in [-0.25, -0.2) is 9.59 Å². The molecule has 1 fully saturated rings. The summed E-state index contributed by atoms with van der Waals surface area (Å²) in [5.41, 5.74) is 3.94. The van der Waals surface area contributed by atoms with Gasteiger partial charge in [0.1, 0.15) is 12.3 Å². The summed E-state index contributed by atoms with van der Waals surface area (Å²) < 4.78 is 10.1. The van der Waals surface area contributed by atoms with E-state index in [1.54, 1.807) is 6.08 Å². The number of nitrogens with zero attached hydrogens (tertiary/aromatic N) is 1. The topological polar surface area (TPSA) is 83.7 Å². The molecule has 4 rings (SSSR count). The van der Waals surface area contributed by atoms with Crippen LogP contribution in [-0.2, 0) is 27.3 Å². The first-order chi connectivity index (χ1) is 16.0. The van der Waals surface area contributed by atoms with Gasteiger partial charge in [-0.1, -0.05) is 36.4 Å². The Kier molecular flexibility index (Phi) is 7.10. The quantitative estimate of drug-likeness (QED) is 0.418. The van der Waals surface area contributed by atoms with Gasteiger partial charge in [0.05, 0.1) is 7.11 Å². The van der Waals surface area contributed by atoms with Crippen LogP contribution < -0.4 is 5.32 Å². The highest BCUT2D eigenvalue weighted by Crippen LogP contribution is 2.26. The number of esters is 1. The molecule has 0 radical (unpaired) electrons. The third-order valence-corrected chi connectivity index (χ3v) is 6.08. The smallest absolute Gasteiger partial charge is 0.412 e. The molecule has 7 nitrogen and oxygen atoms in total. The zero-order chi connectivity index (χ0) is 23.2. The lowest BCUT2D eigenvalue weighted by molar-refractivity contribution is -0.136. The van der Waals surface area contributed by atoms with Crippen molar-refractivity contribution in [3.05, 3.63) is 77.1 Å². The Morgan fingerprint density at radius 1 is 1.21 bits per heavy atom. The molecule has 1 atom stereocenters. The molecular formula is C26H29N3O4. The Hall–Kier alpha value is -3.58. The van der Waals surface area contributed by atoms with E-state index in [-0.39, 0.29) is 12.3 Å². The lowest BCUT2D eigenvalue weighted by Crippen LogP contribution is -2.28. The second kappa shape index (κ2) is 10.4. The Morgan fingerprint density at radius 2 is 2.03 bits per heavy atom. The Balaban J connectivity index is 1.51. The van der Waals surface area contributed by atoms with Gasteiger partial charge in [-0.15, -0.1) is 0 Å². The highest BCUT2D eigenvalue weighted by Gasteiger charge is 2.22. The zero-order valence-electron chi connectivity index (χ0n) is 19.0. The third kappa shape index (κ3) is 5.62. The lowest BCUT2D eigenvalue weighted by Gasteiger charge is -2.18. The van der Waals surface area contributed by atoms with E-state index >= 15 is 0 Å². The molecule has 1 amide bonds. The average Bonchev–Trinajstić information content (AvgIpc) is 3.43. The van der Waals surface area contributed by atoms with Crippen molar-refractivity contribution in [3.8, 4) is 0 Å². The summed E-state index contributed by atoms with van der Waals surface area (Å²) in [6.45, 7) is 1.24. The number of alkyl carbamates (subject to hydrolysis) is 1. The third-order valence-electron chi connectivity index (χ3n) is 6.08. The number of rotatable bonds is 7. The summed E-state index contributed by atoms with van der Waals surface area (Å²) in [4.78, 5) is 30.3. The van der Waals surface area contributed by atoms with Crippen molar-refractivity contribution in [1.29, 1.82) is 0 Å². The minimum Gasteiger partial charge on any atom is -0.464 e. The second-order valence-electron chi connectivity index (χ2n) is 8.34. The number of nitrogens with one attached hydrogen (secondary N) is 2. The number of benzene rings is 2. The fourth-order valence-corrected chi connectivity index (χ4v) is 4.24. The number of hydrogen-bond donors (Lipinski definition) is 2. The molecule has 2 aromatic carbocycles. The SMILES string of the molecule is COC(=O)C(=Cc1ccc2[nH]cc(C[C@H]3CCCN3C)c2c1)NC(=O)OCc1ccccc1. The van der Waals surface area contributed by atoms with Gasteiger partial charge in [-0.3, -0.25) is 5.32 Å². The van der Waals surface area contributed by atoms with Gasteiger partial charge in [0.2, 0.25) is 0 Å². The number of carbonyl (C=O) groups excluding carboxylic acids is 2. The van der Waals surface area contributed by atoms with E-state index in [0.29, 0.717) is 6.04 Å². The minimum absolute atomic E-state index is 0.0162. The molecule has 0 aliphatic carbocycles. The van der Waals surface area contributed by atoms with Crippen LogP contribution in [0, 0.1) is 0 Å². The van der Waals surface area contributed by atoms with Crippen molar-refractivity contribution in [2.24, 2.45) is 0 Å². The molecule has 0 spiro atoms. The van der Waals surface area contributed by atoms with Crippen LogP contribution in [0.15, 0.2) is 60.4 Å². The maximum atomic E-state index is 12.3. The van der Waals surface area contributed by atoms with Crippen LogP contribution in [-0.4, -0.2) is 48.7 Å². The van der Waals surface area contributed by atoms with E-state index in [2.05, 4.69) is 28.4 Å². The van der Waals surface area contributed by atoms with Crippen molar-refractivity contribution in [2.45, 2.75) is 31.9 Å². The standard InChI is InChI=1S/C26H29N3O4/c1-29-12-6-9-21(29)15-20-16-27-23-11-10-19(13-22(20)23)14-24(25(30)32-2)28-26(31)33-17-18-7-4-3-5-8-18/h3-5,7-8,10-11,13-14,16,21,27H,6,9,12,15,17H2,1-2H3,(H,28,31)/t21-/m1/s1. The molecule has 33 heavy (non-hydrogen) atoms. The fourth-order valence-electron chi connectivity index (χ4n) is 4.24. The fraction of sp³-hybridized carbons (Fsp3) is 0.308. The van der Waals surface area contributed by atoms with Gasteiger partial charge in [-0.2, -0.15) is 0 Å². The molecule has 1 aliphatic rings. The van der Waals surface area contributed by atoms with Crippen molar-refractivity contribution in [2.75, 3.05) is 20.7 Å². The largest absolute Gasteiger partial charge is 0.464 e. The molecule has 0 unspecified atom stereocenters. The molecule has 2 heterocycles. The van der Waals surface area contributed by atoms with Gasteiger partial charge in [0.15, 0.2) is 0 Å². The number of aromatic nitrogens is 1. The van der Waals surface area contributed by atoms with Crippen molar-refractivity contribution in [1.82, 2.24) is 15.2 Å². The van der Waals surface area contributed by atoms with E-state index in [9.17, 15) is 9.59 Å². The number of hydrogen-bond acceptors (Lipinski definition) is 5. The van der Waals surface area contributed by atoms with E-state index in [1.807, 2.05) is 48.5 Å². The number of methoxy groups -OCH3 is 1. The Labute approximate surface area is 193 Å². The maximum absolute atomic E-state index is 12.3. The first kappa shape index (κ1) is 22.6. The summed E-state index contributed by atoms with van der Waals surface area (Å²) in [5.74, 6) is -0.645. The lowest BCUT2D eigenvalue weighted by atomic mass is 10.0. The van der Waals surface area contributed by atoms with Crippen molar-refractivity contribution in [3.63, 3.8) is 0 Å². The monoisotopic (exact) mass is 447 g/mol. The highest BCUT2D eigenvalue weighted by molar-refractivity contribution is 5.97. The van der Waals surface area contributed by atoms with E-state index < -0.39 is 12.1 Å². The number of fused-ring (bicyclic) bond motifs is 1. The van der Waals surface area contributed by atoms with Crippen LogP contribution >= 0.6 is 0 Å². The number of amides is 1. The van der Waals surface area contributed by atoms with E-state index in [1.165, 1.54) is 25.5 Å². The van der Waals surface area contributed by atoms with Gasteiger partial charge < -0.3 is 19.4 Å². The van der Waals surface area contributed by atoms with Crippen LogP contribution in [0.25, 0.3) is 17.0 Å². The molecule has 1 aromatic heterocycles. The van der Waals surface area contributed by atoms with Gasteiger partial charge in [0, 0.05) is 23.1 Å². The van der Waals surface area contributed by atoms with Crippen LogP contribution in [0.5, 0.6) is 0 Å². The van der Waals surface area contributed by atoms with Gasteiger partial charge in [-0.05, 0) is 67.8 Å².